The lowest BCUT2D eigenvalue weighted by atomic mass is 10.2. The maximum atomic E-state index is 11.6. The number of carbonyl (C=O) groups excluding carboxylic acids is 1. The Morgan fingerprint density at radius 3 is 3.16 bits per heavy atom. The van der Waals surface area contributed by atoms with Crippen LogP contribution in [-0.4, -0.2) is 46.7 Å². The van der Waals surface area contributed by atoms with E-state index in [-0.39, 0.29) is 5.91 Å². The van der Waals surface area contributed by atoms with E-state index in [9.17, 15) is 4.79 Å². The molecule has 1 aliphatic rings. The minimum absolute atomic E-state index is 0.00743. The first-order valence-electron chi connectivity index (χ1n) is 6.62. The van der Waals surface area contributed by atoms with Crippen molar-refractivity contribution in [2.75, 3.05) is 26.0 Å². The van der Waals surface area contributed by atoms with Gasteiger partial charge in [-0.15, -0.1) is 10.2 Å². The Bertz CT molecular complexity index is 422. The topological polar surface area (TPSA) is 69.0 Å². The van der Waals surface area contributed by atoms with Crippen molar-refractivity contribution < 1.29 is 9.53 Å². The number of nitrogens with one attached hydrogen (secondary N) is 1. The third-order valence-electron chi connectivity index (χ3n) is 3.04. The number of hydrogen-bond donors (Lipinski definition) is 1. The fraction of sp³-hybridized carbons (Fsp3) is 0.750. The summed E-state index contributed by atoms with van der Waals surface area (Å²) in [6.45, 7) is 2.06. The molecular formula is C12H20N4O2S. The third kappa shape index (κ3) is 4.21. The molecule has 0 aliphatic carbocycles. The van der Waals surface area contributed by atoms with Gasteiger partial charge in [-0.05, 0) is 12.8 Å². The molecule has 1 amide bonds. The van der Waals surface area contributed by atoms with Crippen molar-refractivity contribution in [3.63, 3.8) is 0 Å². The van der Waals surface area contributed by atoms with Crippen LogP contribution in [0, 0.1) is 0 Å². The van der Waals surface area contributed by atoms with Crippen molar-refractivity contribution in [3.8, 4) is 0 Å². The number of aryl methyl sites for hydroxylation is 1. The second-order valence-corrected chi connectivity index (χ2v) is 5.44. The van der Waals surface area contributed by atoms with Gasteiger partial charge in [0.05, 0.1) is 12.4 Å². The molecule has 0 spiro atoms. The van der Waals surface area contributed by atoms with Crippen molar-refractivity contribution >= 4 is 17.7 Å². The zero-order valence-corrected chi connectivity index (χ0v) is 12.0. The van der Waals surface area contributed by atoms with Crippen molar-refractivity contribution in [1.82, 2.24) is 20.1 Å². The van der Waals surface area contributed by atoms with Gasteiger partial charge in [0.2, 0.25) is 5.91 Å². The van der Waals surface area contributed by atoms with Crippen LogP contribution in [0.4, 0.5) is 0 Å². The summed E-state index contributed by atoms with van der Waals surface area (Å²) in [5.41, 5.74) is 0. The van der Waals surface area contributed by atoms with Gasteiger partial charge in [-0.2, -0.15) is 0 Å². The van der Waals surface area contributed by atoms with Gasteiger partial charge in [0.25, 0.3) is 0 Å². The Morgan fingerprint density at radius 1 is 1.42 bits per heavy atom. The standard InChI is InChI=1S/C12H20N4O2S/c1-18-8-6-13-11(17)9-19-12-15-14-10-5-3-2-4-7-16(10)12/h2-9H2,1H3,(H,13,17). The van der Waals surface area contributed by atoms with Crippen LogP contribution >= 0.6 is 11.8 Å². The van der Waals surface area contributed by atoms with Crippen LogP contribution in [0.1, 0.15) is 25.1 Å². The number of ether oxygens (including phenoxy) is 1. The van der Waals surface area contributed by atoms with Gasteiger partial charge in [0.15, 0.2) is 5.16 Å². The molecule has 0 saturated heterocycles. The van der Waals surface area contributed by atoms with Crippen LogP contribution in [0.15, 0.2) is 5.16 Å². The molecule has 0 radical (unpaired) electrons. The Kier molecular flexibility index (Phi) is 5.65. The van der Waals surface area contributed by atoms with E-state index >= 15 is 0 Å². The molecule has 0 aromatic carbocycles. The van der Waals surface area contributed by atoms with Crippen molar-refractivity contribution in [2.24, 2.45) is 0 Å². The van der Waals surface area contributed by atoms with Crippen molar-refractivity contribution in [3.05, 3.63) is 5.82 Å². The fourth-order valence-electron chi connectivity index (χ4n) is 2.04. The predicted molar refractivity (Wildman–Crippen MR) is 73.2 cm³/mol. The van der Waals surface area contributed by atoms with E-state index in [1.807, 2.05) is 0 Å². The van der Waals surface area contributed by atoms with E-state index in [1.165, 1.54) is 31.0 Å². The normalized spacial score (nSPS) is 14.8. The van der Waals surface area contributed by atoms with E-state index in [0.29, 0.717) is 18.9 Å². The Labute approximate surface area is 117 Å². The average molecular weight is 284 g/mol. The average Bonchev–Trinajstić information content (AvgIpc) is 2.64. The fourth-order valence-corrected chi connectivity index (χ4v) is 2.85. The SMILES string of the molecule is COCCNC(=O)CSc1nnc2n1CCCCC2. The highest BCUT2D eigenvalue weighted by Crippen LogP contribution is 2.21. The first kappa shape index (κ1) is 14.3. The van der Waals surface area contributed by atoms with Crippen LogP contribution < -0.4 is 5.32 Å². The van der Waals surface area contributed by atoms with Crippen molar-refractivity contribution in [2.45, 2.75) is 37.4 Å². The zero-order valence-electron chi connectivity index (χ0n) is 11.2. The zero-order chi connectivity index (χ0) is 13.5. The van der Waals surface area contributed by atoms with E-state index in [4.69, 9.17) is 4.74 Å². The molecular weight excluding hydrogens is 264 g/mol. The molecule has 1 aromatic rings. The Balaban J connectivity index is 1.83. The summed E-state index contributed by atoms with van der Waals surface area (Å²) < 4.78 is 7.04. The van der Waals surface area contributed by atoms with Gasteiger partial charge >= 0.3 is 0 Å². The molecule has 1 aliphatic heterocycles. The summed E-state index contributed by atoms with van der Waals surface area (Å²) in [5.74, 6) is 1.44. The molecule has 19 heavy (non-hydrogen) atoms. The van der Waals surface area contributed by atoms with E-state index < -0.39 is 0 Å². The van der Waals surface area contributed by atoms with Gasteiger partial charge in [0.1, 0.15) is 5.82 Å². The quantitative estimate of drug-likeness (QED) is 0.620. The number of amides is 1. The van der Waals surface area contributed by atoms with Gasteiger partial charge in [0, 0.05) is 26.6 Å². The second kappa shape index (κ2) is 7.49. The second-order valence-electron chi connectivity index (χ2n) is 4.49. The van der Waals surface area contributed by atoms with E-state index in [1.54, 1.807) is 7.11 Å². The molecule has 7 heteroatoms. The molecule has 6 nitrogen and oxygen atoms in total. The molecule has 2 rings (SSSR count). The lowest BCUT2D eigenvalue weighted by Crippen LogP contribution is -2.28. The van der Waals surface area contributed by atoms with Gasteiger partial charge in [-0.25, -0.2) is 0 Å². The van der Waals surface area contributed by atoms with Gasteiger partial charge in [-0.3, -0.25) is 4.79 Å². The number of aromatic nitrogens is 3. The van der Waals surface area contributed by atoms with Crippen LogP contribution in [0.3, 0.4) is 0 Å². The van der Waals surface area contributed by atoms with Gasteiger partial charge in [-0.1, -0.05) is 18.2 Å². The largest absolute Gasteiger partial charge is 0.383 e. The Morgan fingerprint density at radius 2 is 2.32 bits per heavy atom. The highest BCUT2D eigenvalue weighted by atomic mass is 32.2. The maximum Gasteiger partial charge on any atom is 0.230 e. The minimum Gasteiger partial charge on any atom is -0.383 e. The van der Waals surface area contributed by atoms with Crippen LogP contribution in [0.5, 0.6) is 0 Å². The smallest absolute Gasteiger partial charge is 0.230 e. The lowest BCUT2D eigenvalue weighted by molar-refractivity contribution is -0.118. The summed E-state index contributed by atoms with van der Waals surface area (Å²) >= 11 is 1.45. The summed E-state index contributed by atoms with van der Waals surface area (Å²) in [6.07, 6.45) is 4.58. The van der Waals surface area contributed by atoms with Crippen LogP contribution in [-0.2, 0) is 22.5 Å². The van der Waals surface area contributed by atoms with E-state index in [2.05, 4.69) is 20.1 Å². The van der Waals surface area contributed by atoms with Crippen molar-refractivity contribution in [1.29, 1.82) is 0 Å². The first-order chi connectivity index (χ1) is 9.31. The summed E-state index contributed by atoms with van der Waals surface area (Å²) in [5, 5.41) is 12.0. The molecule has 1 aromatic heterocycles. The maximum absolute atomic E-state index is 11.6. The number of methoxy groups -OCH3 is 1. The molecule has 0 saturated carbocycles. The molecule has 0 unspecified atom stereocenters. The van der Waals surface area contributed by atoms with Crippen LogP contribution in [0.2, 0.25) is 0 Å². The lowest BCUT2D eigenvalue weighted by Gasteiger charge is -2.06. The number of nitrogens with zero attached hydrogens (tertiary/aromatic N) is 3. The summed E-state index contributed by atoms with van der Waals surface area (Å²) in [7, 11) is 1.62. The predicted octanol–water partition coefficient (Wildman–Crippen LogP) is 0.859. The Hall–Kier alpha value is -1.08. The number of fused-ring (bicyclic) bond motifs is 1. The number of thioether (sulfide) groups is 1. The molecule has 0 atom stereocenters. The number of rotatable bonds is 6. The first-order valence-corrected chi connectivity index (χ1v) is 7.60. The molecule has 1 N–H and O–H groups in total. The number of hydrogen-bond acceptors (Lipinski definition) is 5. The summed E-state index contributed by atoms with van der Waals surface area (Å²) in [6, 6.07) is 0. The van der Waals surface area contributed by atoms with E-state index in [0.717, 1.165) is 23.9 Å². The van der Waals surface area contributed by atoms with Crippen LogP contribution in [0.25, 0.3) is 0 Å². The molecule has 0 fully saturated rings. The molecule has 2 heterocycles. The molecule has 0 bridgehead atoms. The monoisotopic (exact) mass is 284 g/mol. The van der Waals surface area contributed by atoms with Gasteiger partial charge < -0.3 is 14.6 Å². The highest BCUT2D eigenvalue weighted by molar-refractivity contribution is 7.99. The summed E-state index contributed by atoms with van der Waals surface area (Å²) in [4.78, 5) is 11.6. The highest BCUT2D eigenvalue weighted by Gasteiger charge is 2.15. The minimum atomic E-state index is 0.00743. The third-order valence-corrected chi connectivity index (χ3v) is 4.00. The number of carbonyl (C=O) groups is 1. The molecule has 106 valence electrons.